The summed E-state index contributed by atoms with van der Waals surface area (Å²) in [4.78, 5) is 16.9. The topological polar surface area (TPSA) is 43.6 Å². The second-order valence-corrected chi connectivity index (χ2v) is 6.43. The fourth-order valence-electron chi connectivity index (χ4n) is 2.53. The minimum atomic E-state index is -0.655. The first-order valence-corrected chi connectivity index (χ1v) is 8.56. The van der Waals surface area contributed by atoms with Gasteiger partial charge in [0.25, 0.3) is 5.91 Å². The molecule has 4 nitrogen and oxygen atoms in total. The van der Waals surface area contributed by atoms with E-state index in [9.17, 15) is 13.6 Å². The summed E-state index contributed by atoms with van der Waals surface area (Å²) in [7, 11) is 1.54. The molecule has 1 aromatic heterocycles. The Morgan fingerprint density at radius 1 is 1.24 bits per heavy atom. The van der Waals surface area contributed by atoms with Gasteiger partial charge >= 0.3 is 0 Å². The van der Waals surface area contributed by atoms with E-state index in [1.54, 1.807) is 35.9 Å². The van der Waals surface area contributed by atoms with Gasteiger partial charge in [0, 0.05) is 18.2 Å². The lowest BCUT2D eigenvalue weighted by Gasteiger charge is -2.04. The molecule has 0 N–H and O–H groups in total. The zero-order valence-corrected chi connectivity index (χ0v) is 14.6. The van der Waals surface area contributed by atoms with Crippen LogP contribution in [0.25, 0.3) is 10.2 Å². The van der Waals surface area contributed by atoms with Gasteiger partial charge in [-0.2, -0.15) is 4.99 Å². The molecule has 1 amide bonds. The lowest BCUT2D eigenvalue weighted by molar-refractivity contribution is 0.0997. The number of methoxy groups -OCH3 is 1. The maximum atomic E-state index is 14.2. The van der Waals surface area contributed by atoms with Crippen LogP contribution in [0.1, 0.15) is 23.7 Å². The first-order valence-electron chi connectivity index (χ1n) is 7.75. The number of hydrogen-bond donors (Lipinski definition) is 0. The zero-order valence-electron chi connectivity index (χ0n) is 13.8. The number of halogens is 2. The summed E-state index contributed by atoms with van der Waals surface area (Å²) < 4.78 is 34.8. The summed E-state index contributed by atoms with van der Waals surface area (Å²) in [6.45, 7) is 2.42. The van der Waals surface area contributed by atoms with E-state index in [0.717, 1.165) is 23.8 Å². The molecule has 0 spiro atoms. The molecule has 0 saturated heterocycles. The molecule has 25 heavy (non-hydrogen) atoms. The van der Waals surface area contributed by atoms with E-state index in [-0.39, 0.29) is 5.52 Å². The quantitative estimate of drug-likeness (QED) is 0.700. The number of carbonyl (C=O) groups is 1. The molecule has 0 unspecified atom stereocenters. The van der Waals surface area contributed by atoms with Gasteiger partial charge in [-0.15, -0.1) is 0 Å². The number of benzene rings is 2. The normalized spacial score (nSPS) is 11.9. The van der Waals surface area contributed by atoms with Crippen molar-refractivity contribution in [3.63, 3.8) is 0 Å². The van der Waals surface area contributed by atoms with Crippen LogP contribution in [0.3, 0.4) is 0 Å². The van der Waals surface area contributed by atoms with Crippen molar-refractivity contribution in [2.75, 3.05) is 7.11 Å². The molecular formula is C18H16F2N2O2S. The number of hydrogen-bond acceptors (Lipinski definition) is 3. The predicted molar refractivity (Wildman–Crippen MR) is 92.9 cm³/mol. The molecule has 0 aliphatic rings. The maximum Gasteiger partial charge on any atom is 0.279 e. The van der Waals surface area contributed by atoms with Crippen LogP contribution < -0.4 is 9.54 Å². The molecule has 7 heteroatoms. The monoisotopic (exact) mass is 362 g/mol. The molecule has 130 valence electrons. The van der Waals surface area contributed by atoms with Gasteiger partial charge in [-0.05, 0) is 36.8 Å². The highest BCUT2D eigenvalue weighted by molar-refractivity contribution is 7.16. The Hall–Kier alpha value is -2.54. The summed E-state index contributed by atoms with van der Waals surface area (Å²) in [6.07, 6.45) is 0.729. The molecule has 0 fully saturated rings. The number of fused-ring (bicyclic) bond motifs is 1. The second-order valence-electron chi connectivity index (χ2n) is 5.42. The van der Waals surface area contributed by atoms with Crippen molar-refractivity contribution in [2.45, 2.75) is 19.9 Å². The largest absolute Gasteiger partial charge is 0.497 e. The molecule has 0 bridgehead atoms. The van der Waals surface area contributed by atoms with E-state index in [2.05, 4.69) is 4.99 Å². The van der Waals surface area contributed by atoms with E-state index in [1.165, 1.54) is 6.07 Å². The highest BCUT2D eigenvalue weighted by atomic mass is 32.1. The van der Waals surface area contributed by atoms with E-state index in [0.29, 0.717) is 27.4 Å². The fraction of sp³-hybridized carbons (Fsp3) is 0.222. The summed E-state index contributed by atoms with van der Waals surface area (Å²) in [6, 6.07) is 8.67. The highest BCUT2D eigenvalue weighted by Crippen LogP contribution is 2.22. The summed E-state index contributed by atoms with van der Waals surface area (Å²) in [5.41, 5.74) is 0.669. The Balaban J connectivity index is 2.12. The number of rotatable bonds is 4. The number of ether oxygens (including phenoxy) is 1. The van der Waals surface area contributed by atoms with Gasteiger partial charge in [0.2, 0.25) is 0 Å². The van der Waals surface area contributed by atoms with Gasteiger partial charge in [-0.3, -0.25) is 4.79 Å². The van der Waals surface area contributed by atoms with E-state index in [4.69, 9.17) is 4.74 Å². The lowest BCUT2D eigenvalue weighted by Crippen LogP contribution is -2.17. The molecule has 3 rings (SSSR count). The minimum absolute atomic E-state index is 0.273. The SMILES string of the molecule is CCCn1c(=NC(=O)c2ccc(OC)cc2)sc2cc(F)cc(F)c21. The van der Waals surface area contributed by atoms with Gasteiger partial charge < -0.3 is 9.30 Å². The van der Waals surface area contributed by atoms with Gasteiger partial charge in [0.1, 0.15) is 11.6 Å². The summed E-state index contributed by atoms with van der Waals surface area (Å²) in [5.74, 6) is -1.11. The molecule has 0 aliphatic heterocycles. The van der Waals surface area contributed by atoms with Crippen LogP contribution in [0.2, 0.25) is 0 Å². The molecule has 0 radical (unpaired) electrons. The van der Waals surface area contributed by atoms with Crippen molar-refractivity contribution in [1.29, 1.82) is 0 Å². The van der Waals surface area contributed by atoms with Crippen LogP contribution in [0, 0.1) is 11.6 Å². The third kappa shape index (κ3) is 3.46. The van der Waals surface area contributed by atoms with Gasteiger partial charge in [-0.25, -0.2) is 8.78 Å². The van der Waals surface area contributed by atoms with Crippen LogP contribution in [-0.4, -0.2) is 17.6 Å². The third-order valence-corrected chi connectivity index (χ3v) is 4.70. The Bertz CT molecular complexity index is 991. The van der Waals surface area contributed by atoms with Gasteiger partial charge in [-0.1, -0.05) is 18.3 Å². The Morgan fingerprint density at radius 2 is 1.96 bits per heavy atom. The highest BCUT2D eigenvalue weighted by Gasteiger charge is 2.14. The zero-order chi connectivity index (χ0) is 18.0. The van der Waals surface area contributed by atoms with Crippen molar-refractivity contribution >= 4 is 27.5 Å². The number of thiazole rings is 1. The predicted octanol–water partition coefficient (Wildman–Crippen LogP) is 4.14. The van der Waals surface area contributed by atoms with Crippen LogP contribution in [0.5, 0.6) is 5.75 Å². The van der Waals surface area contributed by atoms with Crippen LogP contribution in [-0.2, 0) is 6.54 Å². The number of carbonyl (C=O) groups excluding carboxylic acids is 1. The first-order chi connectivity index (χ1) is 12.0. The molecule has 2 aromatic carbocycles. The summed E-state index contributed by atoms with van der Waals surface area (Å²) >= 11 is 1.09. The molecule has 0 saturated carbocycles. The van der Waals surface area contributed by atoms with Crippen molar-refractivity contribution in [3.8, 4) is 5.75 Å². The van der Waals surface area contributed by atoms with Crippen molar-refractivity contribution in [2.24, 2.45) is 4.99 Å². The van der Waals surface area contributed by atoms with Crippen molar-refractivity contribution in [1.82, 2.24) is 4.57 Å². The molecular weight excluding hydrogens is 346 g/mol. The van der Waals surface area contributed by atoms with E-state index >= 15 is 0 Å². The third-order valence-electron chi connectivity index (χ3n) is 3.68. The molecule has 0 atom stereocenters. The minimum Gasteiger partial charge on any atom is -0.497 e. The average molecular weight is 362 g/mol. The number of nitrogens with zero attached hydrogens (tertiary/aromatic N) is 2. The lowest BCUT2D eigenvalue weighted by atomic mass is 10.2. The van der Waals surface area contributed by atoms with Gasteiger partial charge in [0.05, 0.1) is 17.3 Å². The van der Waals surface area contributed by atoms with Crippen molar-refractivity contribution < 1.29 is 18.3 Å². The number of aromatic nitrogens is 1. The van der Waals surface area contributed by atoms with Crippen molar-refractivity contribution in [3.05, 3.63) is 58.4 Å². The Labute approximate surface area is 147 Å². The van der Waals surface area contributed by atoms with Crippen LogP contribution in [0.4, 0.5) is 8.78 Å². The summed E-state index contributed by atoms with van der Waals surface area (Å²) in [5, 5.41) is 0. The molecule has 1 heterocycles. The number of amides is 1. The van der Waals surface area contributed by atoms with Crippen LogP contribution in [0.15, 0.2) is 41.4 Å². The standard InChI is InChI=1S/C18H16F2N2O2S/c1-3-8-22-16-14(20)9-12(19)10-15(16)25-18(22)21-17(23)11-4-6-13(24-2)7-5-11/h4-7,9-10H,3,8H2,1-2H3. The Kier molecular flexibility index (Phi) is 4.94. The molecule has 0 aliphatic carbocycles. The second kappa shape index (κ2) is 7.14. The Morgan fingerprint density at radius 3 is 2.60 bits per heavy atom. The molecule has 3 aromatic rings. The van der Waals surface area contributed by atoms with E-state index in [1.807, 2.05) is 6.92 Å². The average Bonchev–Trinajstić information content (AvgIpc) is 2.92. The smallest absolute Gasteiger partial charge is 0.279 e. The first kappa shape index (κ1) is 17.3. The van der Waals surface area contributed by atoms with E-state index < -0.39 is 17.5 Å². The number of aryl methyl sites for hydroxylation is 1. The maximum absolute atomic E-state index is 14.2. The fourth-order valence-corrected chi connectivity index (χ4v) is 3.62. The van der Waals surface area contributed by atoms with Gasteiger partial charge in [0.15, 0.2) is 10.6 Å². The van der Waals surface area contributed by atoms with Crippen LogP contribution >= 0.6 is 11.3 Å².